The van der Waals surface area contributed by atoms with Crippen LogP contribution in [-0.4, -0.2) is 54.3 Å². The fourth-order valence-electron chi connectivity index (χ4n) is 2.38. The summed E-state index contributed by atoms with van der Waals surface area (Å²) in [5.74, 6) is 0.115. The first-order valence-electron chi connectivity index (χ1n) is 7.00. The number of nitrogens with zero attached hydrogens (tertiary/aromatic N) is 2. The van der Waals surface area contributed by atoms with Gasteiger partial charge in [-0.25, -0.2) is 0 Å². The third-order valence-electron chi connectivity index (χ3n) is 3.70. The number of amides is 2. The van der Waals surface area contributed by atoms with Gasteiger partial charge in [0.05, 0.1) is 6.54 Å². The Hall–Kier alpha value is -1.75. The summed E-state index contributed by atoms with van der Waals surface area (Å²) in [5, 5.41) is 3.83. The van der Waals surface area contributed by atoms with Crippen molar-refractivity contribution in [3.63, 3.8) is 0 Å². The number of rotatable bonds is 3. The summed E-state index contributed by atoms with van der Waals surface area (Å²) in [6, 6.07) is 5.53. The van der Waals surface area contributed by atoms with Crippen molar-refractivity contribution in [2.75, 3.05) is 38.0 Å². The van der Waals surface area contributed by atoms with Gasteiger partial charge in [-0.3, -0.25) is 9.59 Å². The third kappa shape index (κ3) is 4.11. The maximum atomic E-state index is 12.2. The molecule has 0 aromatic heterocycles. The molecule has 1 aromatic rings. The molecule has 0 unspecified atom stereocenters. The van der Waals surface area contributed by atoms with Gasteiger partial charge in [0.25, 0.3) is 0 Å². The SMILES string of the molecule is CC(=O)N1CCN(C(=O)CNc2ccc(Cl)cc2C)CC1. The number of aryl methyl sites for hydroxylation is 1. The monoisotopic (exact) mass is 309 g/mol. The molecule has 1 heterocycles. The number of piperazine rings is 1. The van der Waals surface area contributed by atoms with Gasteiger partial charge in [-0.1, -0.05) is 11.6 Å². The van der Waals surface area contributed by atoms with Crippen LogP contribution in [0.4, 0.5) is 5.69 Å². The molecule has 2 rings (SSSR count). The number of nitrogens with one attached hydrogen (secondary N) is 1. The molecule has 2 amide bonds. The molecular formula is C15H20ClN3O2. The molecular weight excluding hydrogens is 290 g/mol. The number of hydrogen-bond donors (Lipinski definition) is 1. The van der Waals surface area contributed by atoms with Crippen LogP contribution in [0.5, 0.6) is 0 Å². The number of halogens is 1. The van der Waals surface area contributed by atoms with Crippen molar-refractivity contribution in [1.82, 2.24) is 9.80 Å². The van der Waals surface area contributed by atoms with Crippen LogP contribution in [0, 0.1) is 6.92 Å². The summed E-state index contributed by atoms with van der Waals surface area (Å²) in [5.41, 5.74) is 1.92. The lowest BCUT2D eigenvalue weighted by atomic mass is 10.2. The van der Waals surface area contributed by atoms with Crippen molar-refractivity contribution in [3.05, 3.63) is 28.8 Å². The predicted octanol–water partition coefficient (Wildman–Crippen LogP) is 1.75. The highest BCUT2D eigenvalue weighted by molar-refractivity contribution is 6.30. The van der Waals surface area contributed by atoms with E-state index < -0.39 is 0 Å². The first-order chi connectivity index (χ1) is 9.97. The molecule has 1 N–H and O–H groups in total. The van der Waals surface area contributed by atoms with Gasteiger partial charge in [0.1, 0.15) is 0 Å². The molecule has 0 saturated carbocycles. The topological polar surface area (TPSA) is 52.7 Å². The third-order valence-corrected chi connectivity index (χ3v) is 3.93. The van der Waals surface area contributed by atoms with Crippen LogP contribution in [0.1, 0.15) is 12.5 Å². The standard InChI is InChI=1S/C15H20ClN3O2/c1-11-9-13(16)3-4-14(11)17-10-15(21)19-7-5-18(6-8-19)12(2)20/h3-4,9,17H,5-8,10H2,1-2H3. The molecule has 0 bridgehead atoms. The van der Waals surface area contributed by atoms with Crippen LogP contribution in [0.15, 0.2) is 18.2 Å². The number of anilines is 1. The minimum atomic E-state index is 0.0487. The largest absolute Gasteiger partial charge is 0.376 e. The van der Waals surface area contributed by atoms with Crippen molar-refractivity contribution in [2.45, 2.75) is 13.8 Å². The van der Waals surface area contributed by atoms with E-state index in [1.54, 1.807) is 22.8 Å². The van der Waals surface area contributed by atoms with E-state index in [0.717, 1.165) is 11.3 Å². The highest BCUT2D eigenvalue weighted by Crippen LogP contribution is 2.19. The van der Waals surface area contributed by atoms with Crippen molar-refractivity contribution in [3.8, 4) is 0 Å². The summed E-state index contributed by atoms with van der Waals surface area (Å²) in [7, 11) is 0. The van der Waals surface area contributed by atoms with Crippen LogP contribution in [0.3, 0.4) is 0 Å². The Kier molecular flexibility index (Phi) is 5.07. The van der Waals surface area contributed by atoms with Gasteiger partial charge < -0.3 is 15.1 Å². The smallest absolute Gasteiger partial charge is 0.241 e. The maximum absolute atomic E-state index is 12.2. The maximum Gasteiger partial charge on any atom is 0.241 e. The van der Waals surface area contributed by atoms with Crippen molar-refractivity contribution in [1.29, 1.82) is 0 Å². The van der Waals surface area contributed by atoms with Gasteiger partial charge >= 0.3 is 0 Å². The van der Waals surface area contributed by atoms with E-state index in [1.165, 1.54) is 0 Å². The fourth-order valence-corrected chi connectivity index (χ4v) is 2.61. The Balaban J connectivity index is 1.84. The van der Waals surface area contributed by atoms with Gasteiger partial charge in [0, 0.05) is 43.8 Å². The highest BCUT2D eigenvalue weighted by atomic mass is 35.5. The van der Waals surface area contributed by atoms with E-state index in [-0.39, 0.29) is 18.4 Å². The first-order valence-corrected chi connectivity index (χ1v) is 7.38. The van der Waals surface area contributed by atoms with Crippen LogP contribution in [0.25, 0.3) is 0 Å². The summed E-state index contributed by atoms with van der Waals surface area (Å²) < 4.78 is 0. The van der Waals surface area contributed by atoms with Gasteiger partial charge in [-0.05, 0) is 30.7 Å². The van der Waals surface area contributed by atoms with Crippen LogP contribution in [0.2, 0.25) is 5.02 Å². The normalized spacial score (nSPS) is 15.0. The van der Waals surface area contributed by atoms with Gasteiger partial charge in [-0.15, -0.1) is 0 Å². The number of hydrogen-bond acceptors (Lipinski definition) is 3. The number of carbonyl (C=O) groups is 2. The Morgan fingerprint density at radius 2 is 1.81 bits per heavy atom. The zero-order valence-electron chi connectivity index (χ0n) is 12.4. The van der Waals surface area contributed by atoms with Crippen molar-refractivity contribution < 1.29 is 9.59 Å². The molecule has 1 saturated heterocycles. The van der Waals surface area contributed by atoms with E-state index in [2.05, 4.69) is 5.32 Å². The van der Waals surface area contributed by atoms with Crippen molar-refractivity contribution in [2.24, 2.45) is 0 Å². The molecule has 0 atom stereocenters. The lowest BCUT2D eigenvalue weighted by Gasteiger charge is -2.34. The molecule has 0 aliphatic carbocycles. The van der Waals surface area contributed by atoms with Crippen LogP contribution in [-0.2, 0) is 9.59 Å². The Morgan fingerprint density at radius 1 is 1.19 bits per heavy atom. The Morgan fingerprint density at radius 3 is 2.38 bits per heavy atom. The molecule has 1 aliphatic rings. The minimum Gasteiger partial charge on any atom is -0.376 e. The van der Waals surface area contributed by atoms with Crippen LogP contribution < -0.4 is 5.32 Å². The Labute approximate surface area is 129 Å². The lowest BCUT2D eigenvalue weighted by Crippen LogP contribution is -2.51. The minimum absolute atomic E-state index is 0.0487. The van der Waals surface area contributed by atoms with E-state index in [0.29, 0.717) is 31.2 Å². The molecule has 6 heteroatoms. The Bertz CT molecular complexity index is 540. The second-order valence-corrected chi connectivity index (χ2v) is 5.64. The lowest BCUT2D eigenvalue weighted by molar-refractivity contribution is -0.137. The summed E-state index contributed by atoms with van der Waals surface area (Å²) in [6.45, 7) is 6.18. The molecule has 114 valence electrons. The number of carbonyl (C=O) groups excluding carboxylic acids is 2. The predicted molar refractivity (Wildman–Crippen MR) is 83.5 cm³/mol. The molecule has 1 aliphatic heterocycles. The average Bonchev–Trinajstić information content (AvgIpc) is 2.46. The van der Waals surface area contributed by atoms with Gasteiger partial charge in [-0.2, -0.15) is 0 Å². The van der Waals surface area contributed by atoms with Gasteiger partial charge in [0.2, 0.25) is 11.8 Å². The summed E-state index contributed by atoms with van der Waals surface area (Å²) >= 11 is 5.91. The fraction of sp³-hybridized carbons (Fsp3) is 0.467. The molecule has 1 fully saturated rings. The van der Waals surface area contributed by atoms with E-state index in [4.69, 9.17) is 11.6 Å². The second-order valence-electron chi connectivity index (χ2n) is 5.20. The van der Waals surface area contributed by atoms with E-state index in [1.807, 2.05) is 19.1 Å². The molecule has 21 heavy (non-hydrogen) atoms. The summed E-state index contributed by atoms with van der Waals surface area (Å²) in [6.07, 6.45) is 0. The highest BCUT2D eigenvalue weighted by Gasteiger charge is 2.21. The average molecular weight is 310 g/mol. The molecule has 1 aromatic carbocycles. The van der Waals surface area contributed by atoms with E-state index in [9.17, 15) is 9.59 Å². The molecule has 0 spiro atoms. The summed E-state index contributed by atoms with van der Waals surface area (Å²) in [4.78, 5) is 27.0. The first kappa shape index (κ1) is 15.6. The van der Waals surface area contributed by atoms with Gasteiger partial charge in [0.15, 0.2) is 0 Å². The second kappa shape index (κ2) is 6.80. The molecule has 0 radical (unpaired) electrons. The zero-order valence-corrected chi connectivity index (χ0v) is 13.1. The quantitative estimate of drug-likeness (QED) is 0.925. The molecule has 5 nitrogen and oxygen atoms in total. The zero-order chi connectivity index (χ0) is 15.4. The van der Waals surface area contributed by atoms with Crippen molar-refractivity contribution >= 4 is 29.1 Å². The van der Waals surface area contributed by atoms with E-state index >= 15 is 0 Å². The number of benzene rings is 1. The van der Waals surface area contributed by atoms with Crippen LogP contribution >= 0.6 is 11.6 Å².